The summed E-state index contributed by atoms with van der Waals surface area (Å²) in [7, 11) is 2.19. The number of likely N-dealkylation sites (tertiary alicyclic amines) is 1. The van der Waals surface area contributed by atoms with Gasteiger partial charge in [-0.15, -0.1) is 0 Å². The van der Waals surface area contributed by atoms with Crippen LogP contribution in [0.1, 0.15) is 23.1 Å². The molecular formula is C35H32Cl2N2O9-2. The Morgan fingerprint density at radius 3 is 2.33 bits per heavy atom. The molecule has 2 heterocycles. The predicted molar refractivity (Wildman–Crippen MR) is 174 cm³/mol. The molecule has 0 saturated carbocycles. The number of aliphatic hydroxyl groups is 1. The van der Waals surface area contributed by atoms with Gasteiger partial charge in [0.2, 0.25) is 0 Å². The van der Waals surface area contributed by atoms with E-state index >= 15 is 0 Å². The van der Waals surface area contributed by atoms with E-state index in [4.69, 9.17) is 33.0 Å². The van der Waals surface area contributed by atoms with Gasteiger partial charge < -0.3 is 50.1 Å². The van der Waals surface area contributed by atoms with E-state index in [1.807, 2.05) is 18.2 Å². The molecule has 0 unspecified atom stereocenters. The number of likely N-dealkylation sites (N-methyl/N-ethyl adjacent to an activating group) is 1. The zero-order chi connectivity index (χ0) is 34.7. The summed E-state index contributed by atoms with van der Waals surface area (Å²) >= 11 is 12.1. The Kier molecular flexibility index (Phi) is 10.4. The summed E-state index contributed by atoms with van der Waals surface area (Å²) in [5.41, 5.74) is 4.22. The van der Waals surface area contributed by atoms with E-state index in [1.54, 1.807) is 42.5 Å². The standard InChI is InChI=1S/C17H19NO3.C14H11Cl2NO2.C4H4O4/c1-18-7-6-17-10-3-5-13(20)16(17)21-15-12(19)4-2-9(14(15)17)8-11(10)18;15-10-5-3-6-11(16)14(10)17-12-7-2-1-4-9(12)8-13(18)19;5-3(6)1-2-4(7)8/h2-5,10-11,13,16,19-20H,6-8H2,1H3;1-7,17H,8H2,(H,18,19);1-2H,(H,5,6)(H,7,8)/p-2/b;;2-1-/t10-,11+,13-,16-,17-;;/m0../s1. The van der Waals surface area contributed by atoms with Crippen LogP contribution in [-0.4, -0.2) is 70.0 Å². The highest BCUT2D eigenvalue weighted by Crippen LogP contribution is 2.62. The number of anilines is 2. The Hall–Kier alpha value is -4.55. The van der Waals surface area contributed by atoms with E-state index in [2.05, 4.69) is 23.3 Å². The molecule has 0 amide bonds. The molecule has 4 N–H and O–H groups in total. The highest BCUT2D eigenvalue weighted by molar-refractivity contribution is 6.39. The van der Waals surface area contributed by atoms with Gasteiger partial charge in [0.05, 0.1) is 34.1 Å². The van der Waals surface area contributed by atoms with Crippen molar-refractivity contribution < 1.29 is 44.7 Å². The average Bonchev–Trinajstić information content (AvgIpc) is 3.39. The number of aliphatic carboxylic acids is 3. The molecule has 13 heteroatoms. The normalized spacial score (nSPS) is 24.2. The number of ether oxygens (including phenoxy) is 1. The van der Waals surface area contributed by atoms with Gasteiger partial charge >= 0.3 is 5.97 Å². The lowest BCUT2D eigenvalue weighted by molar-refractivity contribution is -0.301. The van der Waals surface area contributed by atoms with Crippen LogP contribution in [0.5, 0.6) is 11.5 Å². The molecule has 1 fully saturated rings. The number of carbonyl (C=O) groups is 3. The largest absolute Gasteiger partial charge is 0.545 e. The zero-order valence-electron chi connectivity index (χ0n) is 25.6. The highest BCUT2D eigenvalue weighted by atomic mass is 35.5. The Morgan fingerprint density at radius 1 is 1.02 bits per heavy atom. The summed E-state index contributed by atoms with van der Waals surface area (Å²) in [6, 6.07) is 16.6. The van der Waals surface area contributed by atoms with Crippen LogP contribution in [0.4, 0.5) is 11.4 Å². The van der Waals surface area contributed by atoms with Crippen molar-refractivity contribution in [3.05, 3.63) is 106 Å². The summed E-state index contributed by atoms with van der Waals surface area (Å²) in [5.74, 6) is -2.79. The number of hydrogen-bond donors (Lipinski definition) is 4. The number of halogens is 2. The van der Waals surface area contributed by atoms with Crippen molar-refractivity contribution in [2.75, 3.05) is 18.9 Å². The summed E-state index contributed by atoms with van der Waals surface area (Å²) in [5, 5.41) is 52.4. The molecule has 11 nitrogen and oxygen atoms in total. The van der Waals surface area contributed by atoms with Crippen LogP contribution in [0.25, 0.3) is 0 Å². The lowest BCUT2D eigenvalue weighted by Gasteiger charge is -2.56. The minimum Gasteiger partial charge on any atom is -0.545 e. The van der Waals surface area contributed by atoms with Crippen LogP contribution >= 0.6 is 23.2 Å². The molecule has 2 aliphatic carbocycles. The quantitative estimate of drug-likeness (QED) is 0.220. The molecule has 3 aromatic carbocycles. The maximum absolute atomic E-state index is 10.8. The number of para-hydroxylation sites is 2. The predicted octanol–water partition coefficient (Wildman–Crippen LogP) is 2.60. The highest BCUT2D eigenvalue weighted by Gasteiger charge is 2.64. The molecule has 1 spiro atoms. The fourth-order valence-corrected chi connectivity index (χ4v) is 7.58. The Bertz CT molecular complexity index is 1760. The van der Waals surface area contributed by atoms with Gasteiger partial charge in [0, 0.05) is 28.6 Å². The fourth-order valence-electron chi connectivity index (χ4n) is 7.09. The molecule has 2 bridgehead atoms. The molecule has 1 saturated heterocycles. The minimum absolute atomic E-state index is 0.0642. The van der Waals surface area contributed by atoms with E-state index in [-0.39, 0.29) is 23.7 Å². The van der Waals surface area contributed by atoms with E-state index in [9.17, 15) is 34.8 Å². The monoisotopic (exact) mass is 694 g/mol. The molecule has 2 aliphatic heterocycles. The van der Waals surface area contributed by atoms with Crippen LogP contribution < -0.4 is 20.3 Å². The fraction of sp³-hybridized carbons (Fsp3) is 0.286. The Balaban J connectivity index is 0.000000155. The summed E-state index contributed by atoms with van der Waals surface area (Å²) in [6.45, 7) is 1.01. The van der Waals surface area contributed by atoms with E-state index in [1.165, 1.54) is 11.1 Å². The van der Waals surface area contributed by atoms with Crippen molar-refractivity contribution in [2.45, 2.75) is 42.9 Å². The number of nitrogens with one attached hydrogen (secondary N) is 1. The summed E-state index contributed by atoms with van der Waals surface area (Å²) < 4.78 is 6.09. The van der Waals surface area contributed by atoms with Crippen LogP contribution in [0.2, 0.25) is 10.0 Å². The first-order valence-electron chi connectivity index (χ1n) is 15.0. The SMILES string of the molecule is CN1CC[C@]23c4c5ccc(O)c4O[C@H]2[C@@H](O)C=C[C@H]3[C@H]1C5.O=C(O)Cc1ccccc1Nc1c(Cl)cccc1Cl.O=C([O-])/C=C\C(=O)[O-]. The second-order valence-corrected chi connectivity index (χ2v) is 12.7. The lowest BCUT2D eigenvalue weighted by atomic mass is 9.53. The van der Waals surface area contributed by atoms with Crippen LogP contribution in [0.3, 0.4) is 0 Å². The second kappa shape index (κ2) is 14.3. The summed E-state index contributed by atoms with van der Waals surface area (Å²) in [6.07, 6.45) is 5.88. The number of benzene rings is 3. The Morgan fingerprint density at radius 2 is 1.69 bits per heavy atom. The van der Waals surface area contributed by atoms with Gasteiger partial charge in [0.25, 0.3) is 0 Å². The molecule has 5 atom stereocenters. The minimum atomic E-state index is -1.55. The van der Waals surface area contributed by atoms with Crippen molar-refractivity contribution in [2.24, 2.45) is 5.92 Å². The number of piperidine rings is 1. The van der Waals surface area contributed by atoms with Crippen LogP contribution in [0.15, 0.2) is 78.9 Å². The molecule has 4 aliphatic rings. The number of aromatic hydroxyl groups is 1. The number of phenolic OH excluding ortho intramolecular Hbond substituents is 1. The molecule has 7 rings (SSSR count). The molecular weight excluding hydrogens is 663 g/mol. The van der Waals surface area contributed by atoms with E-state index < -0.39 is 24.0 Å². The first-order chi connectivity index (χ1) is 22.8. The number of rotatable bonds is 6. The van der Waals surface area contributed by atoms with Gasteiger partial charge in [0.15, 0.2) is 11.5 Å². The van der Waals surface area contributed by atoms with Gasteiger partial charge in [0.1, 0.15) is 12.2 Å². The Labute approximate surface area is 286 Å². The van der Waals surface area contributed by atoms with Gasteiger partial charge in [-0.25, -0.2) is 0 Å². The van der Waals surface area contributed by atoms with Gasteiger partial charge in [-0.3, -0.25) is 4.79 Å². The topological polar surface area (TPSA) is 183 Å². The van der Waals surface area contributed by atoms with Crippen LogP contribution in [0, 0.1) is 5.92 Å². The third kappa shape index (κ3) is 6.86. The van der Waals surface area contributed by atoms with Gasteiger partial charge in [-0.1, -0.05) is 65.7 Å². The molecule has 3 aromatic rings. The third-order valence-electron chi connectivity index (χ3n) is 9.09. The molecule has 252 valence electrons. The molecule has 0 aromatic heterocycles. The van der Waals surface area contributed by atoms with Gasteiger partial charge in [-0.2, -0.15) is 0 Å². The van der Waals surface area contributed by atoms with Gasteiger partial charge in [-0.05, 0) is 74.0 Å². The first-order valence-corrected chi connectivity index (χ1v) is 15.8. The van der Waals surface area contributed by atoms with Crippen LogP contribution in [-0.2, 0) is 32.6 Å². The number of carbonyl (C=O) groups excluding carboxylic acids is 2. The smallest absolute Gasteiger partial charge is 0.307 e. The van der Waals surface area contributed by atoms with Crippen molar-refractivity contribution in [1.82, 2.24) is 4.90 Å². The third-order valence-corrected chi connectivity index (χ3v) is 9.72. The first kappa shape index (κ1) is 34.8. The number of carboxylic acids is 3. The van der Waals surface area contributed by atoms with E-state index in [0.717, 1.165) is 19.4 Å². The number of phenols is 1. The molecule has 0 radical (unpaired) electrons. The van der Waals surface area contributed by atoms with Crippen molar-refractivity contribution in [3.63, 3.8) is 0 Å². The molecule has 48 heavy (non-hydrogen) atoms. The zero-order valence-corrected chi connectivity index (χ0v) is 27.1. The number of nitrogens with zero attached hydrogens (tertiary/aromatic N) is 1. The van der Waals surface area contributed by atoms with Crippen molar-refractivity contribution in [3.8, 4) is 11.5 Å². The van der Waals surface area contributed by atoms with Crippen molar-refractivity contribution >= 4 is 52.5 Å². The van der Waals surface area contributed by atoms with Crippen molar-refractivity contribution in [1.29, 1.82) is 0 Å². The lowest BCUT2D eigenvalue weighted by Crippen LogP contribution is -2.64. The maximum Gasteiger partial charge on any atom is 0.307 e. The average molecular weight is 696 g/mol. The van der Waals surface area contributed by atoms with E-state index in [0.29, 0.717) is 56.8 Å². The number of aliphatic hydroxyl groups excluding tert-OH is 1. The number of carboxylic acid groups (broad SMARTS) is 3. The second-order valence-electron chi connectivity index (χ2n) is 11.9. The number of hydrogen-bond acceptors (Lipinski definition) is 10. The maximum atomic E-state index is 10.8. The summed E-state index contributed by atoms with van der Waals surface area (Å²) in [4.78, 5) is 32.1.